The van der Waals surface area contributed by atoms with Crippen molar-refractivity contribution < 1.29 is 4.74 Å². The summed E-state index contributed by atoms with van der Waals surface area (Å²) in [7, 11) is 0. The molecule has 0 aliphatic heterocycles. The standard InChI is InChI=1S/C8H10N2OS/c1-2-11-7-5-6(8(9)12)3-4-10-7/h3-5H,2H2,1H3,(H2,9,12). The van der Waals surface area contributed by atoms with Gasteiger partial charge in [-0.25, -0.2) is 4.98 Å². The normalized spacial score (nSPS) is 9.42. The second-order valence-electron chi connectivity index (χ2n) is 2.18. The van der Waals surface area contributed by atoms with Gasteiger partial charge in [-0.3, -0.25) is 0 Å². The van der Waals surface area contributed by atoms with Gasteiger partial charge < -0.3 is 10.5 Å². The first kappa shape index (κ1) is 8.93. The molecule has 1 heterocycles. The molecule has 1 aromatic rings. The molecule has 0 unspecified atom stereocenters. The lowest BCUT2D eigenvalue weighted by atomic mass is 10.3. The molecule has 0 bridgehead atoms. The highest BCUT2D eigenvalue weighted by Gasteiger charge is 1.98. The molecule has 4 heteroatoms. The fourth-order valence-electron chi connectivity index (χ4n) is 0.790. The summed E-state index contributed by atoms with van der Waals surface area (Å²) in [6.07, 6.45) is 1.62. The molecule has 0 saturated carbocycles. The van der Waals surface area contributed by atoms with Gasteiger partial charge in [-0.1, -0.05) is 12.2 Å². The van der Waals surface area contributed by atoms with Crippen LogP contribution in [0.4, 0.5) is 0 Å². The predicted molar refractivity (Wildman–Crippen MR) is 51.3 cm³/mol. The van der Waals surface area contributed by atoms with E-state index < -0.39 is 0 Å². The fourth-order valence-corrected chi connectivity index (χ4v) is 0.916. The van der Waals surface area contributed by atoms with Crippen LogP contribution in [-0.2, 0) is 0 Å². The van der Waals surface area contributed by atoms with Crippen molar-refractivity contribution in [2.45, 2.75) is 6.92 Å². The molecule has 0 amide bonds. The molecule has 1 aromatic heterocycles. The maximum absolute atomic E-state index is 5.43. The van der Waals surface area contributed by atoms with Crippen molar-refractivity contribution in [3.63, 3.8) is 0 Å². The van der Waals surface area contributed by atoms with Crippen LogP contribution in [0.3, 0.4) is 0 Å². The van der Waals surface area contributed by atoms with Crippen molar-refractivity contribution in [2.75, 3.05) is 6.61 Å². The van der Waals surface area contributed by atoms with Gasteiger partial charge in [0.15, 0.2) is 0 Å². The number of pyridine rings is 1. The molecule has 1 rings (SSSR count). The molecule has 0 aliphatic carbocycles. The van der Waals surface area contributed by atoms with E-state index >= 15 is 0 Å². The Labute approximate surface area is 76.6 Å². The smallest absolute Gasteiger partial charge is 0.213 e. The maximum Gasteiger partial charge on any atom is 0.213 e. The molecule has 0 saturated heterocycles. The minimum absolute atomic E-state index is 0.360. The number of hydrogen-bond acceptors (Lipinski definition) is 3. The molecule has 0 spiro atoms. The lowest BCUT2D eigenvalue weighted by Gasteiger charge is -2.02. The minimum Gasteiger partial charge on any atom is -0.478 e. The van der Waals surface area contributed by atoms with Crippen molar-refractivity contribution in [1.29, 1.82) is 0 Å². The summed E-state index contributed by atoms with van der Waals surface area (Å²) in [5.74, 6) is 0.558. The highest BCUT2D eigenvalue weighted by Crippen LogP contribution is 2.08. The van der Waals surface area contributed by atoms with Crippen molar-refractivity contribution in [3.05, 3.63) is 23.9 Å². The van der Waals surface area contributed by atoms with Gasteiger partial charge in [0.25, 0.3) is 0 Å². The maximum atomic E-state index is 5.43. The van der Waals surface area contributed by atoms with E-state index in [4.69, 9.17) is 22.7 Å². The minimum atomic E-state index is 0.360. The Morgan fingerprint density at radius 2 is 2.50 bits per heavy atom. The fraction of sp³-hybridized carbons (Fsp3) is 0.250. The van der Waals surface area contributed by atoms with Gasteiger partial charge in [-0.15, -0.1) is 0 Å². The number of ether oxygens (including phenoxy) is 1. The molecule has 0 aliphatic rings. The van der Waals surface area contributed by atoms with Gasteiger partial charge in [0.05, 0.1) is 6.61 Å². The van der Waals surface area contributed by atoms with E-state index in [0.29, 0.717) is 17.5 Å². The highest BCUT2D eigenvalue weighted by molar-refractivity contribution is 7.80. The largest absolute Gasteiger partial charge is 0.478 e. The first-order valence-corrected chi connectivity index (χ1v) is 4.03. The van der Waals surface area contributed by atoms with Gasteiger partial charge >= 0.3 is 0 Å². The molecule has 2 N–H and O–H groups in total. The van der Waals surface area contributed by atoms with Gasteiger partial charge in [0, 0.05) is 17.8 Å². The molecule has 0 radical (unpaired) electrons. The second kappa shape index (κ2) is 4.01. The van der Waals surface area contributed by atoms with E-state index in [0.717, 1.165) is 5.56 Å². The second-order valence-corrected chi connectivity index (χ2v) is 2.62. The van der Waals surface area contributed by atoms with Crippen LogP contribution < -0.4 is 10.5 Å². The van der Waals surface area contributed by atoms with E-state index in [1.807, 2.05) is 6.92 Å². The van der Waals surface area contributed by atoms with E-state index in [9.17, 15) is 0 Å². The SMILES string of the molecule is CCOc1cc(C(N)=S)ccn1. The van der Waals surface area contributed by atoms with Crippen molar-refractivity contribution in [3.8, 4) is 5.88 Å². The third-order valence-electron chi connectivity index (χ3n) is 1.31. The Kier molecular flexibility index (Phi) is 2.99. The van der Waals surface area contributed by atoms with Crippen LogP contribution in [0.5, 0.6) is 5.88 Å². The molecule has 0 fully saturated rings. The Morgan fingerprint density at radius 3 is 3.08 bits per heavy atom. The number of rotatable bonds is 3. The molecular weight excluding hydrogens is 172 g/mol. The average molecular weight is 182 g/mol. The molecule has 64 valence electrons. The van der Waals surface area contributed by atoms with Gasteiger partial charge in [-0.2, -0.15) is 0 Å². The van der Waals surface area contributed by atoms with Crippen LogP contribution in [0.2, 0.25) is 0 Å². The molecule has 0 atom stereocenters. The zero-order valence-corrected chi connectivity index (χ0v) is 7.60. The van der Waals surface area contributed by atoms with Gasteiger partial charge in [-0.05, 0) is 13.0 Å². The van der Waals surface area contributed by atoms with E-state index in [2.05, 4.69) is 4.98 Å². The summed E-state index contributed by atoms with van der Waals surface area (Å²) in [5.41, 5.74) is 6.21. The van der Waals surface area contributed by atoms with Crippen molar-refractivity contribution in [1.82, 2.24) is 4.98 Å². The number of nitrogens with zero attached hydrogens (tertiary/aromatic N) is 1. The first-order valence-electron chi connectivity index (χ1n) is 3.62. The number of thiocarbonyl (C=S) groups is 1. The molecule has 12 heavy (non-hydrogen) atoms. The quantitative estimate of drug-likeness (QED) is 0.711. The summed E-state index contributed by atoms with van der Waals surface area (Å²) in [6, 6.07) is 3.48. The summed E-state index contributed by atoms with van der Waals surface area (Å²) >= 11 is 4.80. The van der Waals surface area contributed by atoms with Crippen molar-refractivity contribution in [2.24, 2.45) is 5.73 Å². The Bertz CT molecular complexity index is 288. The van der Waals surface area contributed by atoms with Crippen LogP contribution in [0.15, 0.2) is 18.3 Å². The van der Waals surface area contributed by atoms with Gasteiger partial charge in [0.2, 0.25) is 5.88 Å². The lowest BCUT2D eigenvalue weighted by molar-refractivity contribution is 0.327. The average Bonchev–Trinajstić information content (AvgIpc) is 2.05. The summed E-state index contributed by atoms with van der Waals surface area (Å²) in [6.45, 7) is 2.49. The summed E-state index contributed by atoms with van der Waals surface area (Å²) < 4.78 is 5.17. The number of nitrogens with two attached hydrogens (primary N) is 1. The lowest BCUT2D eigenvalue weighted by Crippen LogP contribution is -2.09. The molecule has 3 nitrogen and oxygen atoms in total. The van der Waals surface area contributed by atoms with Crippen LogP contribution in [0, 0.1) is 0 Å². The third-order valence-corrected chi connectivity index (χ3v) is 1.55. The predicted octanol–water partition coefficient (Wildman–Crippen LogP) is 1.11. The topological polar surface area (TPSA) is 48.1 Å². The van der Waals surface area contributed by atoms with E-state index in [-0.39, 0.29) is 0 Å². The Morgan fingerprint density at radius 1 is 1.75 bits per heavy atom. The third kappa shape index (κ3) is 2.17. The molecular formula is C8H10N2OS. The Hall–Kier alpha value is -1.16. The van der Waals surface area contributed by atoms with Crippen molar-refractivity contribution >= 4 is 17.2 Å². The van der Waals surface area contributed by atoms with E-state index in [1.54, 1.807) is 18.3 Å². The monoisotopic (exact) mass is 182 g/mol. The van der Waals surface area contributed by atoms with E-state index in [1.165, 1.54) is 0 Å². The van der Waals surface area contributed by atoms with Crippen LogP contribution in [0.1, 0.15) is 12.5 Å². The van der Waals surface area contributed by atoms with Crippen LogP contribution >= 0.6 is 12.2 Å². The van der Waals surface area contributed by atoms with Crippen LogP contribution in [0.25, 0.3) is 0 Å². The zero-order valence-electron chi connectivity index (χ0n) is 6.78. The van der Waals surface area contributed by atoms with Gasteiger partial charge in [0.1, 0.15) is 4.99 Å². The Balaban J connectivity index is 2.88. The summed E-state index contributed by atoms with van der Waals surface area (Å²) in [4.78, 5) is 4.33. The first-order chi connectivity index (χ1) is 5.74. The summed E-state index contributed by atoms with van der Waals surface area (Å²) in [5, 5.41) is 0. The number of hydrogen-bond donors (Lipinski definition) is 1. The molecule has 0 aromatic carbocycles. The highest BCUT2D eigenvalue weighted by atomic mass is 32.1. The number of aromatic nitrogens is 1. The zero-order chi connectivity index (χ0) is 8.97. The van der Waals surface area contributed by atoms with Crippen LogP contribution in [-0.4, -0.2) is 16.6 Å².